The van der Waals surface area contributed by atoms with Gasteiger partial charge in [0.15, 0.2) is 22.5 Å². The Hall–Kier alpha value is -3.06. The van der Waals surface area contributed by atoms with Gasteiger partial charge in [-0.1, -0.05) is 17.8 Å². The van der Waals surface area contributed by atoms with E-state index in [-0.39, 0.29) is 11.7 Å². The van der Waals surface area contributed by atoms with E-state index in [0.29, 0.717) is 29.6 Å². The summed E-state index contributed by atoms with van der Waals surface area (Å²) >= 11 is 3.55. The molecule has 0 saturated carbocycles. The molecule has 0 radical (unpaired) electrons. The van der Waals surface area contributed by atoms with Crippen molar-refractivity contribution in [1.82, 2.24) is 20.2 Å². The number of carbonyl (C=O) groups is 1. The van der Waals surface area contributed by atoms with Crippen LogP contribution in [0.3, 0.4) is 0 Å². The highest BCUT2D eigenvalue weighted by Gasteiger charge is 2.19. The molecule has 0 aliphatic heterocycles. The van der Waals surface area contributed by atoms with Crippen molar-refractivity contribution < 1.29 is 14.6 Å². The first-order valence-electron chi connectivity index (χ1n) is 10.3. The van der Waals surface area contributed by atoms with E-state index in [0.717, 1.165) is 15.1 Å². The molecule has 0 aliphatic rings. The Labute approximate surface area is 215 Å². The van der Waals surface area contributed by atoms with E-state index >= 15 is 0 Å². The maximum Gasteiger partial charge on any atom is 0.253 e. The zero-order chi connectivity index (χ0) is 24.5. The van der Waals surface area contributed by atoms with Crippen molar-refractivity contribution in [2.75, 3.05) is 12.4 Å². The van der Waals surface area contributed by atoms with Gasteiger partial charge in [-0.25, -0.2) is 5.43 Å². The lowest BCUT2D eigenvalue weighted by molar-refractivity contribution is -0.120. The number of ether oxygens (including phenoxy) is 1. The number of carbonyl (C=O) groups excluding carboxylic acids is 1. The van der Waals surface area contributed by atoms with E-state index in [1.807, 2.05) is 28.8 Å². The summed E-state index contributed by atoms with van der Waals surface area (Å²) < 4.78 is 8.16. The monoisotopic (exact) mass is 592 g/mol. The Kier molecular flexibility index (Phi) is 9.33. The van der Waals surface area contributed by atoms with Crippen LogP contribution in [0, 0.1) is 3.57 Å². The second-order valence-electron chi connectivity index (χ2n) is 7.08. The molecule has 34 heavy (non-hydrogen) atoms. The Morgan fingerprint density at radius 1 is 1.32 bits per heavy atom. The number of amides is 1. The van der Waals surface area contributed by atoms with Gasteiger partial charge in [-0.2, -0.15) is 5.10 Å². The van der Waals surface area contributed by atoms with Gasteiger partial charge in [-0.3, -0.25) is 4.79 Å². The van der Waals surface area contributed by atoms with Crippen LogP contribution in [0.1, 0.15) is 18.3 Å². The molecular weight excluding hydrogens is 567 g/mol. The minimum absolute atomic E-state index is 0.0328. The van der Waals surface area contributed by atoms with Crippen molar-refractivity contribution in [2.24, 2.45) is 5.10 Å². The van der Waals surface area contributed by atoms with Gasteiger partial charge < -0.3 is 19.7 Å². The van der Waals surface area contributed by atoms with Crippen LogP contribution in [0.4, 0.5) is 5.69 Å². The average Bonchev–Trinajstić information content (AvgIpc) is 3.20. The summed E-state index contributed by atoms with van der Waals surface area (Å²) in [7, 11) is 1.46. The minimum atomic E-state index is -0.462. The van der Waals surface area contributed by atoms with Gasteiger partial charge in [-0.05, 0) is 77.5 Å². The third kappa shape index (κ3) is 6.97. The van der Waals surface area contributed by atoms with Gasteiger partial charge in [0.2, 0.25) is 0 Å². The van der Waals surface area contributed by atoms with Gasteiger partial charge in [-0.15, -0.1) is 16.8 Å². The lowest BCUT2D eigenvalue weighted by Crippen LogP contribution is -2.27. The maximum absolute atomic E-state index is 12.5. The van der Waals surface area contributed by atoms with E-state index in [1.165, 1.54) is 31.2 Å². The molecule has 1 heterocycles. The van der Waals surface area contributed by atoms with Crippen molar-refractivity contribution in [3.8, 4) is 11.5 Å². The van der Waals surface area contributed by atoms with E-state index in [4.69, 9.17) is 4.74 Å². The summed E-state index contributed by atoms with van der Waals surface area (Å²) in [6.07, 6.45) is 3.24. The number of halogens is 1. The molecule has 1 atom stereocenters. The molecule has 1 aromatic heterocycles. The van der Waals surface area contributed by atoms with E-state index in [9.17, 15) is 9.90 Å². The first kappa shape index (κ1) is 25.6. The van der Waals surface area contributed by atoms with E-state index in [2.05, 4.69) is 55.2 Å². The van der Waals surface area contributed by atoms with Crippen LogP contribution in [0.5, 0.6) is 11.5 Å². The fraction of sp³-hybridized carbons (Fsp3) is 0.217. The number of benzene rings is 2. The molecule has 0 spiro atoms. The number of aromatic nitrogens is 3. The van der Waals surface area contributed by atoms with Crippen LogP contribution in [-0.4, -0.2) is 44.4 Å². The second kappa shape index (κ2) is 12.4. The summed E-state index contributed by atoms with van der Waals surface area (Å²) in [5.41, 5.74) is 4.19. The Bertz CT molecular complexity index is 1170. The molecule has 0 fully saturated rings. The summed E-state index contributed by atoms with van der Waals surface area (Å²) in [6, 6.07) is 12.8. The fourth-order valence-corrected chi connectivity index (χ4v) is 4.08. The van der Waals surface area contributed by atoms with Crippen LogP contribution in [0.25, 0.3) is 0 Å². The molecule has 3 aromatic rings. The molecule has 3 rings (SSSR count). The van der Waals surface area contributed by atoms with Crippen LogP contribution in [0.15, 0.2) is 65.4 Å². The predicted molar refractivity (Wildman–Crippen MR) is 142 cm³/mol. The molecule has 178 valence electrons. The highest BCUT2D eigenvalue weighted by Crippen LogP contribution is 2.26. The first-order chi connectivity index (χ1) is 16.4. The zero-order valence-electron chi connectivity index (χ0n) is 18.7. The van der Waals surface area contributed by atoms with Crippen LogP contribution in [-0.2, 0) is 17.9 Å². The molecule has 0 bridgehead atoms. The number of allylic oxidation sites excluding steroid dienone is 1. The summed E-state index contributed by atoms with van der Waals surface area (Å²) in [5, 5.41) is 25.7. The SMILES string of the molecule is C=CCn1c(CNc2ccc(I)cc2)nnc1S[C@H](C)C(=O)N/N=C\c1ccc(O)c(OC)c1. The molecule has 3 N–H and O–H groups in total. The van der Waals surface area contributed by atoms with Crippen LogP contribution in [0.2, 0.25) is 0 Å². The Morgan fingerprint density at radius 2 is 2.09 bits per heavy atom. The fourth-order valence-electron chi connectivity index (χ4n) is 2.85. The molecule has 11 heteroatoms. The van der Waals surface area contributed by atoms with Gasteiger partial charge in [0.25, 0.3) is 5.91 Å². The number of hydrogen-bond acceptors (Lipinski definition) is 8. The smallest absolute Gasteiger partial charge is 0.253 e. The molecule has 0 aliphatic carbocycles. The standard InChI is InChI=1S/C23H25IN6O3S/c1-4-11-30-21(14-25-18-8-6-17(24)7-9-18)27-29-23(30)34-15(2)22(32)28-26-13-16-5-10-19(31)20(12-16)33-3/h4-10,12-13,15,25,31H,1,11,14H2,2-3H3,(H,28,32)/b26-13-/t15-/m1/s1. The summed E-state index contributed by atoms with van der Waals surface area (Å²) in [4.78, 5) is 12.5. The topological polar surface area (TPSA) is 114 Å². The maximum atomic E-state index is 12.5. The third-order valence-electron chi connectivity index (χ3n) is 4.64. The zero-order valence-corrected chi connectivity index (χ0v) is 21.7. The highest BCUT2D eigenvalue weighted by atomic mass is 127. The minimum Gasteiger partial charge on any atom is -0.504 e. The number of phenolic OH excluding ortho intramolecular Hbond substituents is 1. The summed E-state index contributed by atoms with van der Waals surface area (Å²) in [6.45, 7) is 6.60. The second-order valence-corrected chi connectivity index (χ2v) is 9.64. The number of thioether (sulfide) groups is 1. The predicted octanol–water partition coefficient (Wildman–Crippen LogP) is 4.03. The van der Waals surface area contributed by atoms with Gasteiger partial charge in [0.1, 0.15) is 0 Å². The highest BCUT2D eigenvalue weighted by molar-refractivity contribution is 14.1. The number of rotatable bonds is 11. The molecular formula is C23H25IN6O3S. The number of hydrogen-bond donors (Lipinski definition) is 3. The number of methoxy groups -OCH3 is 1. The van der Waals surface area contributed by atoms with Gasteiger partial charge in [0, 0.05) is 15.8 Å². The van der Waals surface area contributed by atoms with Crippen molar-refractivity contribution in [1.29, 1.82) is 0 Å². The number of aromatic hydroxyl groups is 1. The van der Waals surface area contributed by atoms with Crippen molar-refractivity contribution in [2.45, 2.75) is 30.4 Å². The summed E-state index contributed by atoms with van der Waals surface area (Å²) in [5.74, 6) is 0.824. The van der Waals surface area contributed by atoms with E-state index < -0.39 is 5.25 Å². The van der Waals surface area contributed by atoms with Gasteiger partial charge >= 0.3 is 0 Å². The molecule has 0 unspecified atom stereocenters. The first-order valence-corrected chi connectivity index (χ1v) is 12.3. The Morgan fingerprint density at radius 3 is 2.79 bits per heavy atom. The molecule has 2 aromatic carbocycles. The van der Waals surface area contributed by atoms with Crippen molar-refractivity contribution >= 4 is 52.2 Å². The number of nitrogens with zero attached hydrogens (tertiary/aromatic N) is 4. The van der Waals surface area contributed by atoms with Crippen molar-refractivity contribution in [3.05, 3.63) is 70.1 Å². The lowest BCUT2D eigenvalue weighted by atomic mass is 10.2. The van der Waals surface area contributed by atoms with Gasteiger partial charge in [0.05, 0.1) is 25.1 Å². The third-order valence-corrected chi connectivity index (χ3v) is 6.44. The lowest BCUT2D eigenvalue weighted by Gasteiger charge is -2.12. The average molecular weight is 592 g/mol. The Balaban J connectivity index is 1.60. The van der Waals surface area contributed by atoms with Crippen LogP contribution < -0.4 is 15.5 Å². The number of phenols is 1. The largest absolute Gasteiger partial charge is 0.504 e. The number of nitrogens with one attached hydrogen (secondary N) is 2. The van der Waals surface area contributed by atoms with Crippen molar-refractivity contribution in [3.63, 3.8) is 0 Å². The molecule has 0 saturated heterocycles. The normalized spacial score (nSPS) is 11.9. The number of hydrazone groups is 1. The quantitative estimate of drug-likeness (QED) is 0.101. The molecule has 1 amide bonds. The van der Waals surface area contributed by atoms with Crippen LogP contribution >= 0.6 is 34.4 Å². The number of anilines is 1. The van der Waals surface area contributed by atoms with E-state index in [1.54, 1.807) is 25.1 Å². The molecule has 9 nitrogen and oxygen atoms in total.